The van der Waals surface area contributed by atoms with Gasteiger partial charge >= 0.3 is 0 Å². The fraction of sp³-hybridized carbons (Fsp3) is 0.182. The van der Waals surface area contributed by atoms with E-state index in [1.165, 1.54) is 12.1 Å². The Morgan fingerprint density at radius 3 is 2.93 bits per heavy atom. The highest BCUT2D eigenvalue weighted by molar-refractivity contribution is 6.17. The molecule has 0 saturated carbocycles. The SMILES string of the molecule is N#Cc1cc(F)ccc1C=CCCCl. The minimum atomic E-state index is -0.393. The van der Waals surface area contributed by atoms with Crippen molar-refractivity contribution in [3.8, 4) is 6.07 Å². The third-order valence-corrected chi connectivity index (χ3v) is 1.93. The highest BCUT2D eigenvalue weighted by Crippen LogP contribution is 2.12. The van der Waals surface area contributed by atoms with E-state index in [4.69, 9.17) is 16.9 Å². The van der Waals surface area contributed by atoms with Gasteiger partial charge in [0.1, 0.15) is 5.82 Å². The van der Waals surface area contributed by atoms with Crippen LogP contribution in [0.15, 0.2) is 24.3 Å². The van der Waals surface area contributed by atoms with E-state index in [1.54, 1.807) is 12.1 Å². The Balaban J connectivity index is 2.92. The summed E-state index contributed by atoms with van der Waals surface area (Å²) in [5.41, 5.74) is 1.06. The molecule has 72 valence electrons. The Labute approximate surface area is 87.4 Å². The summed E-state index contributed by atoms with van der Waals surface area (Å²) < 4.78 is 12.7. The van der Waals surface area contributed by atoms with Crippen molar-refractivity contribution in [1.82, 2.24) is 0 Å². The predicted octanol–water partition coefficient (Wildman–Crippen LogP) is 3.34. The lowest BCUT2D eigenvalue weighted by molar-refractivity contribution is 0.627. The average Bonchev–Trinajstić information content (AvgIpc) is 2.20. The van der Waals surface area contributed by atoms with Gasteiger partial charge in [-0.1, -0.05) is 18.2 Å². The molecule has 0 atom stereocenters. The van der Waals surface area contributed by atoms with Crippen molar-refractivity contribution in [2.45, 2.75) is 6.42 Å². The van der Waals surface area contributed by atoms with Crippen molar-refractivity contribution in [2.75, 3.05) is 5.88 Å². The van der Waals surface area contributed by atoms with Crippen molar-refractivity contribution >= 4 is 17.7 Å². The van der Waals surface area contributed by atoms with Crippen LogP contribution in [0.4, 0.5) is 4.39 Å². The Kier molecular flexibility index (Phi) is 4.15. The van der Waals surface area contributed by atoms with Crippen LogP contribution in [0.25, 0.3) is 6.08 Å². The van der Waals surface area contributed by atoms with Crippen LogP contribution in [0.2, 0.25) is 0 Å². The lowest BCUT2D eigenvalue weighted by Gasteiger charge is -1.96. The first-order chi connectivity index (χ1) is 6.77. The molecule has 0 spiro atoms. The van der Waals surface area contributed by atoms with Gasteiger partial charge < -0.3 is 0 Å². The summed E-state index contributed by atoms with van der Waals surface area (Å²) in [5, 5.41) is 8.72. The molecule has 0 aliphatic rings. The molecule has 0 unspecified atom stereocenters. The van der Waals surface area contributed by atoms with Crippen LogP contribution in [-0.2, 0) is 0 Å². The first-order valence-corrected chi connectivity index (χ1v) is 4.73. The summed E-state index contributed by atoms with van der Waals surface area (Å²) in [5.74, 6) is 0.149. The second kappa shape index (κ2) is 5.41. The van der Waals surface area contributed by atoms with Gasteiger partial charge in [0.15, 0.2) is 0 Å². The number of benzene rings is 1. The van der Waals surface area contributed by atoms with Gasteiger partial charge in [0, 0.05) is 5.88 Å². The van der Waals surface area contributed by atoms with E-state index in [0.717, 1.165) is 12.0 Å². The molecular weight excluding hydrogens is 201 g/mol. The zero-order valence-corrected chi connectivity index (χ0v) is 8.26. The Bertz CT molecular complexity index is 379. The predicted molar refractivity (Wildman–Crippen MR) is 55.5 cm³/mol. The van der Waals surface area contributed by atoms with Gasteiger partial charge in [0.25, 0.3) is 0 Å². The summed E-state index contributed by atoms with van der Waals surface area (Å²) >= 11 is 5.49. The number of rotatable bonds is 3. The fourth-order valence-electron chi connectivity index (χ4n) is 1.04. The molecule has 1 nitrogen and oxygen atoms in total. The number of alkyl halides is 1. The van der Waals surface area contributed by atoms with Crippen molar-refractivity contribution < 1.29 is 4.39 Å². The molecule has 1 aromatic rings. The number of halogens is 2. The molecule has 0 radical (unpaired) electrons. The highest BCUT2D eigenvalue weighted by Gasteiger charge is 1.99. The molecule has 14 heavy (non-hydrogen) atoms. The van der Waals surface area contributed by atoms with Crippen LogP contribution < -0.4 is 0 Å². The average molecular weight is 210 g/mol. The van der Waals surface area contributed by atoms with Crippen LogP contribution in [0.3, 0.4) is 0 Å². The van der Waals surface area contributed by atoms with Gasteiger partial charge in [0.2, 0.25) is 0 Å². The van der Waals surface area contributed by atoms with Gasteiger partial charge in [0.05, 0.1) is 11.6 Å². The minimum Gasteiger partial charge on any atom is -0.207 e. The fourth-order valence-corrected chi connectivity index (χ4v) is 1.17. The van der Waals surface area contributed by atoms with E-state index in [2.05, 4.69) is 0 Å². The largest absolute Gasteiger partial charge is 0.207 e. The highest BCUT2D eigenvalue weighted by atomic mass is 35.5. The summed E-state index contributed by atoms with van der Waals surface area (Å²) in [6.45, 7) is 0. The quantitative estimate of drug-likeness (QED) is 0.701. The summed E-state index contributed by atoms with van der Waals surface area (Å²) in [4.78, 5) is 0. The molecule has 0 aliphatic heterocycles. The summed E-state index contributed by atoms with van der Waals surface area (Å²) in [6.07, 6.45) is 4.38. The van der Waals surface area contributed by atoms with E-state index in [9.17, 15) is 4.39 Å². The van der Waals surface area contributed by atoms with Crippen molar-refractivity contribution in [1.29, 1.82) is 5.26 Å². The number of allylic oxidation sites excluding steroid dienone is 1. The monoisotopic (exact) mass is 209 g/mol. The smallest absolute Gasteiger partial charge is 0.124 e. The number of hydrogen-bond acceptors (Lipinski definition) is 1. The normalized spacial score (nSPS) is 10.4. The topological polar surface area (TPSA) is 23.8 Å². The molecule has 3 heteroatoms. The second-order valence-electron chi connectivity index (χ2n) is 2.72. The lowest BCUT2D eigenvalue weighted by Crippen LogP contribution is -1.84. The van der Waals surface area contributed by atoms with Gasteiger partial charge in [-0.2, -0.15) is 5.26 Å². The van der Waals surface area contributed by atoms with Crippen LogP contribution in [0, 0.1) is 17.1 Å². The van der Waals surface area contributed by atoms with Gasteiger partial charge in [-0.3, -0.25) is 0 Å². The third-order valence-electron chi connectivity index (χ3n) is 1.71. The van der Waals surface area contributed by atoms with E-state index in [1.807, 2.05) is 12.1 Å². The molecule has 0 fully saturated rings. The van der Waals surface area contributed by atoms with Crippen LogP contribution >= 0.6 is 11.6 Å². The lowest BCUT2D eigenvalue weighted by atomic mass is 10.1. The first kappa shape index (κ1) is 10.7. The standard InChI is InChI=1S/C11H9ClFN/c12-6-2-1-3-9-4-5-11(13)7-10(9)8-14/h1,3-5,7H,2,6H2. The van der Waals surface area contributed by atoms with E-state index in [0.29, 0.717) is 11.4 Å². The number of nitrogens with zero attached hydrogens (tertiary/aromatic N) is 1. The van der Waals surface area contributed by atoms with E-state index >= 15 is 0 Å². The van der Waals surface area contributed by atoms with Crippen molar-refractivity contribution in [3.63, 3.8) is 0 Å². The Morgan fingerprint density at radius 2 is 2.29 bits per heavy atom. The van der Waals surface area contributed by atoms with Gasteiger partial charge in [-0.05, 0) is 24.1 Å². The van der Waals surface area contributed by atoms with Crippen LogP contribution in [-0.4, -0.2) is 5.88 Å². The van der Waals surface area contributed by atoms with Crippen molar-refractivity contribution in [3.05, 3.63) is 41.2 Å². The Morgan fingerprint density at radius 1 is 1.50 bits per heavy atom. The summed E-state index contributed by atoms with van der Waals surface area (Å²) in [7, 11) is 0. The molecule has 0 aromatic heterocycles. The van der Waals surface area contributed by atoms with Gasteiger partial charge in [-0.25, -0.2) is 4.39 Å². The van der Waals surface area contributed by atoms with E-state index in [-0.39, 0.29) is 0 Å². The number of hydrogen-bond donors (Lipinski definition) is 0. The molecule has 0 heterocycles. The van der Waals surface area contributed by atoms with Crippen molar-refractivity contribution in [2.24, 2.45) is 0 Å². The molecule has 0 bridgehead atoms. The molecular formula is C11H9ClFN. The number of nitriles is 1. The molecule has 0 amide bonds. The molecule has 0 saturated heterocycles. The van der Waals surface area contributed by atoms with E-state index < -0.39 is 5.82 Å². The second-order valence-corrected chi connectivity index (χ2v) is 3.10. The van der Waals surface area contributed by atoms with Crippen LogP contribution in [0.1, 0.15) is 17.5 Å². The molecule has 0 N–H and O–H groups in total. The van der Waals surface area contributed by atoms with Gasteiger partial charge in [-0.15, -0.1) is 11.6 Å². The first-order valence-electron chi connectivity index (χ1n) is 4.20. The zero-order chi connectivity index (χ0) is 10.4. The summed E-state index contributed by atoms with van der Waals surface area (Å²) in [6, 6.07) is 6.08. The maximum absolute atomic E-state index is 12.7. The Hall–Kier alpha value is -1.33. The maximum atomic E-state index is 12.7. The minimum absolute atomic E-state index is 0.343. The zero-order valence-electron chi connectivity index (χ0n) is 7.50. The maximum Gasteiger partial charge on any atom is 0.124 e. The molecule has 1 rings (SSSR count). The molecule has 1 aromatic carbocycles. The van der Waals surface area contributed by atoms with Crippen LogP contribution in [0.5, 0.6) is 0 Å². The third kappa shape index (κ3) is 2.86. The molecule has 0 aliphatic carbocycles.